The molecule has 1 fully saturated rings. The Balaban J connectivity index is 2.68. The standard InChI is InChI=1S/C14H24N2O4/c1-4-15(9-12(17)18)14(20)11-6-5-7-16(8-11)13(19)10(2)3/h10-11H,4-9H2,1-3H3,(H,17,18). The SMILES string of the molecule is CCN(CC(=O)O)C(=O)C1CCCN(C(=O)C(C)C)C1. The van der Waals surface area contributed by atoms with Crippen LogP contribution in [0, 0.1) is 11.8 Å². The first-order valence-electron chi connectivity index (χ1n) is 7.16. The lowest BCUT2D eigenvalue weighted by molar-refractivity contribution is -0.148. The highest BCUT2D eigenvalue weighted by Gasteiger charge is 2.31. The van der Waals surface area contributed by atoms with E-state index in [4.69, 9.17) is 5.11 Å². The van der Waals surface area contributed by atoms with Gasteiger partial charge in [-0.3, -0.25) is 14.4 Å². The highest BCUT2D eigenvalue weighted by molar-refractivity contribution is 5.84. The first kappa shape index (κ1) is 16.5. The van der Waals surface area contributed by atoms with Crippen LogP contribution in [-0.4, -0.2) is 58.9 Å². The maximum absolute atomic E-state index is 12.3. The van der Waals surface area contributed by atoms with E-state index in [0.29, 0.717) is 19.6 Å². The third kappa shape index (κ3) is 4.21. The number of carboxylic acids is 1. The van der Waals surface area contributed by atoms with Gasteiger partial charge in [-0.1, -0.05) is 13.8 Å². The number of carboxylic acid groups (broad SMARTS) is 1. The number of amides is 2. The van der Waals surface area contributed by atoms with Gasteiger partial charge in [-0.25, -0.2) is 0 Å². The van der Waals surface area contributed by atoms with Crippen molar-refractivity contribution in [1.29, 1.82) is 0 Å². The van der Waals surface area contributed by atoms with Crippen molar-refractivity contribution in [2.24, 2.45) is 11.8 Å². The monoisotopic (exact) mass is 284 g/mol. The molecular weight excluding hydrogens is 260 g/mol. The van der Waals surface area contributed by atoms with Gasteiger partial charge in [0.2, 0.25) is 11.8 Å². The minimum Gasteiger partial charge on any atom is -0.480 e. The molecule has 1 aliphatic heterocycles. The minimum absolute atomic E-state index is 0.0591. The van der Waals surface area contributed by atoms with Crippen LogP contribution in [0.15, 0.2) is 0 Å². The number of aliphatic carboxylic acids is 1. The molecule has 1 saturated heterocycles. The van der Waals surface area contributed by atoms with Crippen LogP contribution in [0.2, 0.25) is 0 Å². The number of hydrogen-bond donors (Lipinski definition) is 1. The molecule has 0 aromatic heterocycles. The number of carbonyl (C=O) groups is 3. The van der Waals surface area contributed by atoms with Gasteiger partial charge < -0.3 is 14.9 Å². The molecule has 1 aliphatic rings. The zero-order chi connectivity index (χ0) is 15.3. The topological polar surface area (TPSA) is 77.9 Å². The summed E-state index contributed by atoms with van der Waals surface area (Å²) in [5, 5.41) is 8.82. The fraction of sp³-hybridized carbons (Fsp3) is 0.786. The van der Waals surface area contributed by atoms with E-state index in [1.165, 1.54) is 4.90 Å². The van der Waals surface area contributed by atoms with E-state index >= 15 is 0 Å². The van der Waals surface area contributed by atoms with Crippen molar-refractivity contribution in [2.45, 2.75) is 33.6 Å². The second kappa shape index (κ2) is 7.26. The Morgan fingerprint density at radius 2 is 2.00 bits per heavy atom. The number of carbonyl (C=O) groups excluding carboxylic acids is 2. The molecule has 1 unspecified atom stereocenters. The number of likely N-dealkylation sites (tertiary alicyclic amines) is 1. The first-order valence-corrected chi connectivity index (χ1v) is 7.16. The summed E-state index contributed by atoms with van der Waals surface area (Å²) >= 11 is 0. The Hall–Kier alpha value is -1.59. The smallest absolute Gasteiger partial charge is 0.323 e. The molecule has 114 valence electrons. The van der Waals surface area contributed by atoms with Crippen molar-refractivity contribution in [1.82, 2.24) is 9.80 Å². The molecule has 1 N–H and O–H groups in total. The molecule has 0 aromatic carbocycles. The summed E-state index contributed by atoms with van der Waals surface area (Å²) in [6.45, 7) is 6.65. The summed E-state index contributed by atoms with van der Waals surface area (Å²) in [5.41, 5.74) is 0. The molecule has 0 spiro atoms. The maximum Gasteiger partial charge on any atom is 0.323 e. The summed E-state index contributed by atoms with van der Waals surface area (Å²) < 4.78 is 0. The highest BCUT2D eigenvalue weighted by atomic mass is 16.4. The summed E-state index contributed by atoms with van der Waals surface area (Å²) in [6.07, 6.45) is 1.51. The average molecular weight is 284 g/mol. The Labute approximate surface area is 119 Å². The first-order chi connectivity index (χ1) is 9.36. The molecule has 6 heteroatoms. The van der Waals surface area contributed by atoms with E-state index in [1.54, 1.807) is 11.8 Å². The molecule has 0 saturated carbocycles. The molecular formula is C14H24N2O4. The van der Waals surface area contributed by atoms with E-state index in [9.17, 15) is 14.4 Å². The fourth-order valence-corrected chi connectivity index (χ4v) is 2.51. The molecule has 20 heavy (non-hydrogen) atoms. The third-order valence-electron chi connectivity index (χ3n) is 3.60. The average Bonchev–Trinajstić information content (AvgIpc) is 2.42. The Bertz CT molecular complexity index is 381. The van der Waals surface area contributed by atoms with Crippen LogP contribution >= 0.6 is 0 Å². The van der Waals surface area contributed by atoms with E-state index in [-0.39, 0.29) is 30.2 Å². The van der Waals surface area contributed by atoms with Crippen molar-refractivity contribution in [3.63, 3.8) is 0 Å². The molecule has 1 rings (SSSR count). The van der Waals surface area contributed by atoms with Gasteiger partial charge in [0.05, 0.1) is 5.92 Å². The van der Waals surface area contributed by atoms with Crippen LogP contribution < -0.4 is 0 Å². The summed E-state index contributed by atoms with van der Waals surface area (Å²) in [7, 11) is 0. The molecule has 1 atom stereocenters. The second-order valence-electron chi connectivity index (χ2n) is 5.52. The van der Waals surface area contributed by atoms with Crippen molar-refractivity contribution in [3.8, 4) is 0 Å². The van der Waals surface area contributed by atoms with Gasteiger partial charge in [0, 0.05) is 25.6 Å². The van der Waals surface area contributed by atoms with Crippen LogP contribution in [0.4, 0.5) is 0 Å². The molecule has 0 radical (unpaired) electrons. The Morgan fingerprint density at radius 1 is 1.35 bits per heavy atom. The molecule has 0 bridgehead atoms. The van der Waals surface area contributed by atoms with Gasteiger partial charge >= 0.3 is 5.97 Å². The maximum atomic E-state index is 12.3. The van der Waals surface area contributed by atoms with Crippen LogP contribution in [0.5, 0.6) is 0 Å². The number of hydrogen-bond acceptors (Lipinski definition) is 3. The van der Waals surface area contributed by atoms with Gasteiger partial charge in [0.1, 0.15) is 6.54 Å². The fourth-order valence-electron chi connectivity index (χ4n) is 2.51. The third-order valence-corrected chi connectivity index (χ3v) is 3.60. The molecule has 1 heterocycles. The zero-order valence-electron chi connectivity index (χ0n) is 12.5. The van der Waals surface area contributed by atoms with Crippen LogP contribution in [0.1, 0.15) is 33.6 Å². The number of rotatable bonds is 5. The lowest BCUT2D eigenvalue weighted by Gasteiger charge is -2.35. The second-order valence-corrected chi connectivity index (χ2v) is 5.52. The molecule has 2 amide bonds. The van der Waals surface area contributed by atoms with Crippen LogP contribution in [-0.2, 0) is 14.4 Å². The molecule has 0 aliphatic carbocycles. The lowest BCUT2D eigenvalue weighted by Crippen LogP contribution is -2.48. The van der Waals surface area contributed by atoms with Gasteiger partial charge in [-0.05, 0) is 19.8 Å². The highest BCUT2D eigenvalue weighted by Crippen LogP contribution is 2.20. The van der Waals surface area contributed by atoms with Crippen molar-refractivity contribution < 1.29 is 19.5 Å². The van der Waals surface area contributed by atoms with E-state index in [1.807, 2.05) is 13.8 Å². The summed E-state index contributed by atoms with van der Waals surface area (Å²) in [6, 6.07) is 0. The minimum atomic E-state index is -1.01. The largest absolute Gasteiger partial charge is 0.480 e. The van der Waals surface area contributed by atoms with Crippen molar-refractivity contribution >= 4 is 17.8 Å². The van der Waals surface area contributed by atoms with Crippen LogP contribution in [0.25, 0.3) is 0 Å². The van der Waals surface area contributed by atoms with Crippen molar-refractivity contribution in [3.05, 3.63) is 0 Å². The Kier molecular flexibility index (Phi) is 5.98. The van der Waals surface area contributed by atoms with Gasteiger partial charge in [0.15, 0.2) is 0 Å². The predicted octanol–water partition coefficient (Wildman–Crippen LogP) is 0.814. The summed E-state index contributed by atoms with van der Waals surface area (Å²) in [5.74, 6) is -1.46. The zero-order valence-corrected chi connectivity index (χ0v) is 12.5. The normalized spacial score (nSPS) is 19.0. The Morgan fingerprint density at radius 3 is 2.50 bits per heavy atom. The van der Waals surface area contributed by atoms with Gasteiger partial charge in [-0.15, -0.1) is 0 Å². The number of piperidine rings is 1. The quantitative estimate of drug-likeness (QED) is 0.810. The van der Waals surface area contributed by atoms with E-state index in [2.05, 4.69) is 0 Å². The van der Waals surface area contributed by atoms with Gasteiger partial charge in [-0.2, -0.15) is 0 Å². The molecule has 6 nitrogen and oxygen atoms in total. The summed E-state index contributed by atoms with van der Waals surface area (Å²) in [4.78, 5) is 38.1. The lowest BCUT2D eigenvalue weighted by atomic mass is 9.95. The van der Waals surface area contributed by atoms with Crippen LogP contribution in [0.3, 0.4) is 0 Å². The number of nitrogens with zero attached hydrogens (tertiary/aromatic N) is 2. The van der Waals surface area contributed by atoms with E-state index in [0.717, 1.165) is 12.8 Å². The van der Waals surface area contributed by atoms with Gasteiger partial charge in [0.25, 0.3) is 0 Å². The predicted molar refractivity (Wildman–Crippen MR) is 74.0 cm³/mol. The molecule has 0 aromatic rings. The van der Waals surface area contributed by atoms with E-state index < -0.39 is 5.97 Å². The number of likely N-dealkylation sites (N-methyl/N-ethyl adjacent to an activating group) is 1. The van der Waals surface area contributed by atoms with Crippen molar-refractivity contribution in [2.75, 3.05) is 26.2 Å².